The lowest BCUT2D eigenvalue weighted by molar-refractivity contribution is -0.131. The Bertz CT molecular complexity index is 694. The van der Waals surface area contributed by atoms with Gasteiger partial charge in [0.2, 0.25) is 11.1 Å². The monoisotopic (exact) mass is 359 g/mol. The van der Waals surface area contributed by atoms with E-state index in [1.54, 1.807) is 4.68 Å². The molecular weight excluding hydrogens is 334 g/mol. The standard InChI is InChI=1S/C18H25N5OS/c1-3-22(15-7-5-4-6-8-15)17(24)13-25-18-19-20-21-23(18)16-11-9-14(2)10-12-16/h9-12,15H,3-8,13H2,1-2H3. The third-order valence-corrected chi connectivity index (χ3v) is 5.62. The predicted octanol–water partition coefficient (Wildman–Crippen LogP) is 3.24. The Morgan fingerprint density at radius 1 is 1.24 bits per heavy atom. The summed E-state index contributed by atoms with van der Waals surface area (Å²) in [5.74, 6) is 0.550. The van der Waals surface area contributed by atoms with Gasteiger partial charge in [-0.2, -0.15) is 4.68 Å². The van der Waals surface area contributed by atoms with E-state index in [0.29, 0.717) is 17.0 Å². The van der Waals surface area contributed by atoms with Gasteiger partial charge in [-0.3, -0.25) is 4.79 Å². The maximum absolute atomic E-state index is 12.7. The zero-order valence-corrected chi connectivity index (χ0v) is 15.7. The third kappa shape index (κ3) is 4.39. The molecule has 1 saturated carbocycles. The Hall–Kier alpha value is -1.89. The number of benzene rings is 1. The van der Waals surface area contributed by atoms with Gasteiger partial charge in [0, 0.05) is 12.6 Å². The molecular formula is C18H25N5OS. The van der Waals surface area contributed by atoms with Gasteiger partial charge < -0.3 is 4.90 Å². The second kappa shape index (κ2) is 8.47. The molecule has 0 aliphatic heterocycles. The third-order valence-electron chi connectivity index (χ3n) is 4.72. The van der Waals surface area contributed by atoms with Crippen molar-refractivity contribution in [2.24, 2.45) is 0 Å². The van der Waals surface area contributed by atoms with Gasteiger partial charge >= 0.3 is 0 Å². The topological polar surface area (TPSA) is 63.9 Å². The number of thioether (sulfide) groups is 1. The van der Waals surface area contributed by atoms with Crippen molar-refractivity contribution < 1.29 is 4.79 Å². The lowest BCUT2D eigenvalue weighted by Crippen LogP contribution is -2.42. The van der Waals surface area contributed by atoms with Crippen molar-refractivity contribution in [3.8, 4) is 5.69 Å². The molecule has 25 heavy (non-hydrogen) atoms. The van der Waals surface area contributed by atoms with Gasteiger partial charge in [0.15, 0.2) is 0 Å². The highest BCUT2D eigenvalue weighted by Crippen LogP contribution is 2.24. The Balaban J connectivity index is 1.64. The van der Waals surface area contributed by atoms with Gasteiger partial charge in [-0.25, -0.2) is 0 Å². The van der Waals surface area contributed by atoms with Gasteiger partial charge in [0.25, 0.3) is 0 Å². The highest BCUT2D eigenvalue weighted by Gasteiger charge is 2.24. The first kappa shape index (κ1) is 17.9. The van der Waals surface area contributed by atoms with Crippen molar-refractivity contribution in [2.75, 3.05) is 12.3 Å². The summed E-state index contributed by atoms with van der Waals surface area (Å²) < 4.78 is 1.69. The quantitative estimate of drug-likeness (QED) is 0.741. The second-order valence-electron chi connectivity index (χ2n) is 6.47. The van der Waals surface area contributed by atoms with Gasteiger partial charge in [-0.05, 0) is 49.2 Å². The first-order valence-corrected chi connectivity index (χ1v) is 9.95. The summed E-state index contributed by atoms with van der Waals surface area (Å²) in [6, 6.07) is 8.42. The molecule has 1 aliphatic rings. The highest BCUT2D eigenvalue weighted by atomic mass is 32.2. The maximum atomic E-state index is 12.7. The first-order chi connectivity index (χ1) is 12.2. The minimum absolute atomic E-state index is 0.179. The first-order valence-electron chi connectivity index (χ1n) is 8.96. The number of carbonyl (C=O) groups excluding carboxylic acids is 1. The van der Waals surface area contributed by atoms with Crippen LogP contribution >= 0.6 is 11.8 Å². The van der Waals surface area contributed by atoms with Crippen LogP contribution in [0.5, 0.6) is 0 Å². The van der Waals surface area contributed by atoms with E-state index in [1.807, 2.05) is 36.1 Å². The lowest BCUT2D eigenvalue weighted by atomic mass is 9.94. The number of aryl methyl sites for hydroxylation is 1. The van der Waals surface area contributed by atoms with Gasteiger partial charge in [0.05, 0.1) is 11.4 Å². The molecule has 1 fully saturated rings. The van der Waals surface area contributed by atoms with Crippen molar-refractivity contribution in [1.82, 2.24) is 25.1 Å². The molecule has 0 unspecified atom stereocenters. The number of rotatable bonds is 6. The summed E-state index contributed by atoms with van der Waals surface area (Å²) in [7, 11) is 0. The molecule has 1 aromatic carbocycles. The predicted molar refractivity (Wildman–Crippen MR) is 98.9 cm³/mol. The van der Waals surface area contributed by atoms with Gasteiger partial charge in [-0.15, -0.1) is 5.10 Å². The molecule has 0 radical (unpaired) electrons. The van der Waals surface area contributed by atoms with Crippen LogP contribution in [-0.2, 0) is 4.79 Å². The largest absolute Gasteiger partial charge is 0.339 e. The van der Waals surface area contributed by atoms with E-state index < -0.39 is 0 Å². The van der Waals surface area contributed by atoms with Crippen molar-refractivity contribution >= 4 is 17.7 Å². The van der Waals surface area contributed by atoms with Crippen LogP contribution < -0.4 is 0 Å². The molecule has 1 heterocycles. The van der Waals surface area contributed by atoms with Crippen molar-refractivity contribution in [3.63, 3.8) is 0 Å². The lowest BCUT2D eigenvalue weighted by Gasteiger charge is -2.33. The number of carbonyl (C=O) groups is 1. The smallest absolute Gasteiger partial charge is 0.233 e. The van der Waals surface area contributed by atoms with Crippen molar-refractivity contribution in [1.29, 1.82) is 0 Å². The summed E-state index contributed by atoms with van der Waals surface area (Å²) in [4.78, 5) is 14.7. The number of tetrazole rings is 1. The molecule has 0 N–H and O–H groups in total. The summed E-state index contributed by atoms with van der Waals surface area (Å²) in [6.45, 7) is 4.88. The average Bonchev–Trinajstić information content (AvgIpc) is 3.11. The minimum Gasteiger partial charge on any atom is -0.339 e. The van der Waals surface area contributed by atoms with Crippen molar-refractivity contribution in [2.45, 2.75) is 57.1 Å². The van der Waals surface area contributed by atoms with E-state index in [2.05, 4.69) is 22.4 Å². The Morgan fingerprint density at radius 2 is 1.96 bits per heavy atom. The molecule has 2 aromatic rings. The Morgan fingerprint density at radius 3 is 2.64 bits per heavy atom. The molecule has 1 aromatic heterocycles. The van der Waals surface area contributed by atoms with E-state index in [-0.39, 0.29) is 5.91 Å². The van der Waals surface area contributed by atoms with Crippen LogP contribution in [0.25, 0.3) is 5.69 Å². The molecule has 3 rings (SSSR count). The molecule has 7 heteroatoms. The van der Waals surface area contributed by atoms with E-state index in [9.17, 15) is 4.79 Å². The molecule has 134 valence electrons. The average molecular weight is 359 g/mol. The molecule has 0 spiro atoms. The van der Waals surface area contributed by atoms with E-state index in [4.69, 9.17) is 0 Å². The van der Waals surface area contributed by atoms with Gasteiger partial charge in [-0.1, -0.05) is 48.7 Å². The van der Waals surface area contributed by atoms with E-state index in [1.165, 1.54) is 36.6 Å². The van der Waals surface area contributed by atoms with Crippen LogP contribution in [0.4, 0.5) is 0 Å². The van der Waals surface area contributed by atoms with Crippen LogP contribution in [0.1, 0.15) is 44.6 Å². The SMILES string of the molecule is CCN(C(=O)CSc1nnnn1-c1ccc(C)cc1)C1CCCCC1. The van der Waals surface area contributed by atoms with Crippen LogP contribution in [0.3, 0.4) is 0 Å². The summed E-state index contributed by atoms with van der Waals surface area (Å²) in [5, 5.41) is 12.6. The molecule has 0 bridgehead atoms. The van der Waals surface area contributed by atoms with Gasteiger partial charge in [0.1, 0.15) is 0 Å². The van der Waals surface area contributed by atoms with Crippen LogP contribution in [-0.4, -0.2) is 49.4 Å². The molecule has 1 amide bonds. The zero-order valence-electron chi connectivity index (χ0n) is 14.9. The van der Waals surface area contributed by atoms with Crippen LogP contribution in [0, 0.1) is 6.92 Å². The fourth-order valence-electron chi connectivity index (χ4n) is 3.36. The van der Waals surface area contributed by atoms with Crippen molar-refractivity contribution in [3.05, 3.63) is 29.8 Å². The highest BCUT2D eigenvalue weighted by molar-refractivity contribution is 7.99. The normalized spacial score (nSPS) is 15.3. The number of aromatic nitrogens is 4. The Kier molecular flexibility index (Phi) is 6.07. The molecule has 6 nitrogen and oxygen atoms in total. The zero-order chi connectivity index (χ0) is 17.6. The molecule has 0 saturated heterocycles. The maximum Gasteiger partial charge on any atom is 0.233 e. The fraction of sp³-hybridized carbons (Fsp3) is 0.556. The van der Waals surface area contributed by atoms with E-state index in [0.717, 1.165) is 25.1 Å². The number of nitrogens with zero attached hydrogens (tertiary/aromatic N) is 5. The molecule has 0 atom stereocenters. The summed E-state index contributed by atoms with van der Waals surface area (Å²) >= 11 is 1.40. The summed E-state index contributed by atoms with van der Waals surface area (Å²) in [5.41, 5.74) is 2.09. The Labute approximate surface area is 153 Å². The number of amides is 1. The fourth-order valence-corrected chi connectivity index (χ4v) is 4.13. The summed E-state index contributed by atoms with van der Waals surface area (Å²) in [6.07, 6.45) is 6.01. The van der Waals surface area contributed by atoms with Crippen LogP contribution in [0.2, 0.25) is 0 Å². The number of hydrogen-bond donors (Lipinski definition) is 0. The van der Waals surface area contributed by atoms with E-state index >= 15 is 0 Å². The second-order valence-corrected chi connectivity index (χ2v) is 7.41. The molecule has 1 aliphatic carbocycles. The van der Waals surface area contributed by atoms with Crippen LogP contribution in [0.15, 0.2) is 29.4 Å². The minimum atomic E-state index is 0.179. The number of hydrogen-bond acceptors (Lipinski definition) is 5.